The Morgan fingerprint density at radius 2 is 2.15 bits per heavy atom. The van der Waals surface area contributed by atoms with E-state index < -0.39 is 0 Å². The first-order chi connectivity index (χ1) is 9.74. The van der Waals surface area contributed by atoms with Gasteiger partial charge in [0.05, 0.1) is 6.20 Å². The van der Waals surface area contributed by atoms with Crippen LogP contribution in [0.15, 0.2) is 36.5 Å². The van der Waals surface area contributed by atoms with Gasteiger partial charge in [0.1, 0.15) is 10.8 Å². The first-order valence-electron chi connectivity index (χ1n) is 6.40. The molecule has 1 N–H and O–H groups in total. The number of nitrogens with zero attached hydrogens (tertiary/aromatic N) is 2. The molecule has 0 radical (unpaired) electrons. The minimum absolute atomic E-state index is 0.342. The summed E-state index contributed by atoms with van der Waals surface area (Å²) in [4.78, 5) is 8.34. The molecule has 2 aromatic rings. The molecule has 0 atom stereocenters. The van der Waals surface area contributed by atoms with Gasteiger partial charge in [0.25, 0.3) is 0 Å². The van der Waals surface area contributed by atoms with Crippen LogP contribution in [0.25, 0.3) is 6.08 Å². The third-order valence-corrected chi connectivity index (χ3v) is 2.78. The number of allylic oxidation sites excluding steroid dienone is 1. The molecule has 1 heterocycles. The predicted octanol–water partition coefficient (Wildman–Crippen LogP) is 4.39. The van der Waals surface area contributed by atoms with Crippen LogP contribution in [-0.4, -0.2) is 16.5 Å². The molecular formula is C15H16ClN3O. The van der Waals surface area contributed by atoms with Gasteiger partial charge in [0.2, 0.25) is 11.8 Å². The quantitative estimate of drug-likeness (QED) is 0.887. The van der Waals surface area contributed by atoms with E-state index >= 15 is 0 Å². The zero-order chi connectivity index (χ0) is 14.4. The van der Waals surface area contributed by atoms with Gasteiger partial charge in [-0.25, -0.2) is 4.98 Å². The first kappa shape index (κ1) is 14.3. The number of aromatic nitrogens is 2. The molecule has 1 aromatic heterocycles. The van der Waals surface area contributed by atoms with Crippen molar-refractivity contribution in [2.24, 2.45) is 0 Å². The van der Waals surface area contributed by atoms with Crippen molar-refractivity contribution < 1.29 is 4.74 Å². The number of halogens is 1. The lowest BCUT2D eigenvalue weighted by atomic mass is 10.2. The molecule has 104 valence electrons. The van der Waals surface area contributed by atoms with Crippen molar-refractivity contribution in [3.8, 4) is 11.6 Å². The van der Waals surface area contributed by atoms with E-state index in [0.717, 1.165) is 12.1 Å². The van der Waals surface area contributed by atoms with Gasteiger partial charge in [-0.05, 0) is 19.9 Å². The van der Waals surface area contributed by atoms with Crippen LogP contribution in [0.2, 0.25) is 5.02 Å². The molecule has 0 aliphatic rings. The second-order valence-corrected chi connectivity index (χ2v) is 4.42. The molecule has 0 fully saturated rings. The van der Waals surface area contributed by atoms with Gasteiger partial charge >= 0.3 is 0 Å². The molecule has 0 aliphatic heterocycles. The van der Waals surface area contributed by atoms with Crippen LogP contribution in [0.4, 0.5) is 5.95 Å². The minimum atomic E-state index is 0.342. The molecular weight excluding hydrogens is 274 g/mol. The number of benzene rings is 1. The molecule has 4 nitrogen and oxygen atoms in total. The third-order valence-electron chi connectivity index (χ3n) is 2.52. The topological polar surface area (TPSA) is 47.0 Å². The Morgan fingerprint density at radius 1 is 1.35 bits per heavy atom. The Balaban J connectivity index is 2.32. The van der Waals surface area contributed by atoms with Crippen LogP contribution in [0.1, 0.15) is 19.4 Å². The fourth-order valence-electron chi connectivity index (χ4n) is 1.66. The van der Waals surface area contributed by atoms with Crippen LogP contribution < -0.4 is 10.1 Å². The SMILES string of the molecule is C/C=C/c1ccccc1Oc1nc(NCC)ncc1Cl. The number of anilines is 1. The zero-order valence-electron chi connectivity index (χ0n) is 11.4. The van der Waals surface area contributed by atoms with Crippen molar-refractivity contribution in [3.05, 3.63) is 47.1 Å². The van der Waals surface area contributed by atoms with Crippen LogP contribution in [0.5, 0.6) is 11.6 Å². The number of ether oxygens (including phenoxy) is 1. The van der Waals surface area contributed by atoms with Gasteiger partial charge in [-0.1, -0.05) is 42.0 Å². The first-order valence-corrected chi connectivity index (χ1v) is 6.78. The second kappa shape index (κ2) is 6.91. The summed E-state index contributed by atoms with van der Waals surface area (Å²) in [6.45, 7) is 4.66. The lowest BCUT2D eigenvalue weighted by molar-refractivity contribution is 0.461. The fourth-order valence-corrected chi connectivity index (χ4v) is 1.79. The van der Waals surface area contributed by atoms with E-state index in [2.05, 4.69) is 15.3 Å². The van der Waals surface area contributed by atoms with E-state index in [-0.39, 0.29) is 0 Å². The van der Waals surface area contributed by atoms with Crippen LogP contribution in [-0.2, 0) is 0 Å². The summed E-state index contributed by atoms with van der Waals surface area (Å²) >= 11 is 6.08. The molecule has 0 saturated heterocycles. The van der Waals surface area contributed by atoms with Crippen molar-refractivity contribution in [1.29, 1.82) is 0 Å². The summed E-state index contributed by atoms with van der Waals surface area (Å²) in [5.74, 6) is 1.54. The van der Waals surface area contributed by atoms with Gasteiger partial charge in [-0.2, -0.15) is 4.98 Å². The van der Waals surface area contributed by atoms with Crippen molar-refractivity contribution in [1.82, 2.24) is 9.97 Å². The summed E-state index contributed by atoms with van der Waals surface area (Å²) in [6.07, 6.45) is 5.45. The average Bonchev–Trinajstić information content (AvgIpc) is 2.45. The minimum Gasteiger partial charge on any atom is -0.437 e. The zero-order valence-corrected chi connectivity index (χ0v) is 12.2. The summed E-state index contributed by atoms with van der Waals surface area (Å²) in [5, 5.41) is 3.40. The smallest absolute Gasteiger partial charge is 0.243 e. The van der Waals surface area contributed by atoms with Gasteiger partial charge in [0.15, 0.2) is 0 Å². The van der Waals surface area contributed by atoms with E-state index in [0.29, 0.717) is 22.6 Å². The number of hydrogen-bond acceptors (Lipinski definition) is 4. The Hall–Kier alpha value is -2.07. The number of para-hydroxylation sites is 1. The van der Waals surface area contributed by atoms with E-state index in [4.69, 9.17) is 16.3 Å². The monoisotopic (exact) mass is 289 g/mol. The highest BCUT2D eigenvalue weighted by atomic mass is 35.5. The molecule has 1 aromatic carbocycles. The van der Waals surface area contributed by atoms with Gasteiger partial charge in [-0.15, -0.1) is 0 Å². The predicted molar refractivity (Wildman–Crippen MR) is 82.4 cm³/mol. The average molecular weight is 290 g/mol. The van der Waals surface area contributed by atoms with Crippen molar-refractivity contribution in [2.75, 3.05) is 11.9 Å². The highest BCUT2D eigenvalue weighted by Crippen LogP contribution is 2.30. The largest absolute Gasteiger partial charge is 0.437 e. The van der Waals surface area contributed by atoms with Crippen molar-refractivity contribution >= 4 is 23.6 Å². The molecule has 0 aliphatic carbocycles. The molecule has 2 rings (SSSR count). The van der Waals surface area contributed by atoms with Gasteiger partial charge < -0.3 is 10.1 Å². The summed E-state index contributed by atoms with van der Waals surface area (Å²) in [7, 11) is 0. The van der Waals surface area contributed by atoms with Crippen molar-refractivity contribution in [3.63, 3.8) is 0 Å². The van der Waals surface area contributed by atoms with E-state index in [1.807, 2.05) is 50.3 Å². The summed E-state index contributed by atoms with van der Waals surface area (Å²) < 4.78 is 5.81. The summed E-state index contributed by atoms with van der Waals surface area (Å²) in [5.41, 5.74) is 0.967. The maximum Gasteiger partial charge on any atom is 0.243 e. The second-order valence-electron chi connectivity index (χ2n) is 4.02. The van der Waals surface area contributed by atoms with E-state index in [1.165, 1.54) is 6.20 Å². The maximum absolute atomic E-state index is 6.08. The molecule has 0 amide bonds. The Kier molecular flexibility index (Phi) is 4.96. The molecule has 0 unspecified atom stereocenters. The molecule has 20 heavy (non-hydrogen) atoms. The summed E-state index contributed by atoms with van der Waals surface area (Å²) in [6, 6.07) is 7.70. The molecule has 0 bridgehead atoms. The van der Waals surface area contributed by atoms with Crippen LogP contribution >= 0.6 is 11.6 Å². The molecule has 0 saturated carbocycles. The van der Waals surface area contributed by atoms with Crippen LogP contribution in [0.3, 0.4) is 0 Å². The van der Waals surface area contributed by atoms with E-state index in [9.17, 15) is 0 Å². The molecule has 5 heteroatoms. The third kappa shape index (κ3) is 3.48. The van der Waals surface area contributed by atoms with E-state index in [1.54, 1.807) is 0 Å². The normalized spacial score (nSPS) is 10.8. The van der Waals surface area contributed by atoms with Crippen LogP contribution in [0, 0.1) is 0 Å². The standard InChI is InChI=1S/C15H16ClN3O/c1-3-7-11-8-5-6-9-13(11)20-14-12(16)10-18-15(19-14)17-4-2/h3,5-10H,4H2,1-2H3,(H,17,18,19)/b7-3+. The number of nitrogens with one attached hydrogen (secondary N) is 1. The maximum atomic E-state index is 6.08. The van der Waals surface area contributed by atoms with Crippen molar-refractivity contribution in [2.45, 2.75) is 13.8 Å². The highest BCUT2D eigenvalue weighted by Gasteiger charge is 2.09. The number of hydrogen-bond donors (Lipinski definition) is 1. The van der Waals surface area contributed by atoms with Gasteiger partial charge in [-0.3, -0.25) is 0 Å². The Labute approximate surface area is 123 Å². The number of rotatable bonds is 5. The Bertz CT molecular complexity index is 614. The van der Waals surface area contributed by atoms with Gasteiger partial charge in [0, 0.05) is 12.1 Å². The molecule has 0 spiro atoms. The lowest BCUT2D eigenvalue weighted by Crippen LogP contribution is -2.03. The fraction of sp³-hybridized carbons (Fsp3) is 0.200. The highest BCUT2D eigenvalue weighted by molar-refractivity contribution is 6.31. The lowest BCUT2D eigenvalue weighted by Gasteiger charge is -2.10. The Morgan fingerprint density at radius 3 is 2.90 bits per heavy atom.